The Morgan fingerprint density at radius 3 is 2.12 bits per heavy atom. The van der Waals surface area contributed by atoms with E-state index in [-0.39, 0.29) is 31.3 Å². The van der Waals surface area contributed by atoms with Crippen LogP contribution in [0.5, 0.6) is 0 Å². The summed E-state index contributed by atoms with van der Waals surface area (Å²) in [7, 11) is -0.365. The minimum absolute atomic E-state index is 0.00954. The highest BCUT2D eigenvalue weighted by atomic mass is 16.7. The number of amides is 3. The van der Waals surface area contributed by atoms with Gasteiger partial charge in [-0.3, -0.25) is 9.59 Å². The maximum Gasteiger partial charge on any atom is 0.457 e. The second-order valence-electron chi connectivity index (χ2n) is 11.3. The number of primary amides is 1. The number of ether oxygens (including phenoxy) is 1. The molecule has 0 aromatic carbocycles. The van der Waals surface area contributed by atoms with Crippen LogP contribution >= 0.6 is 0 Å². The fourth-order valence-corrected chi connectivity index (χ4v) is 4.57. The Morgan fingerprint density at radius 1 is 1.09 bits per heavy atom. The molecule has 3 amide bonds. The van der Waals surface area contributed by atoms with E-state index in [2.05, 4.69) is 10.6 Å². The van der Waals surface area contributed by atoms with Crippen LogP contribution in [0.15, 0.2) is 0 Å². The van der Waals surface area contributed by atoms with Gasteiger partial charge in [-0.25, -0.2) is 4.79 Å². The van der Waals surface area contributed by atoms with E-state index in [0.29, 0.717) is 25.6 Å². The van der Waals surface area contributed by atoms with Crippen LogP contribution < -0.4 is 16.4 Å². The van der Waals surface area contributed by atoms with Gasteiger partial charge in [-0.2, -0.15) is 0 Å². The summed E-state index contributed by atoms with van der Waals surface area (Å²) in [6.45, 7) is 15.0. The Bertz CT molecular complexity index is 720. The molecule has 2 rings (SSSR count). The zero-order valence-corrected chi connectivity index (χ0v) is 20.8. The molecule has 3 unspecified atom stereocenters. The van der Waals surface area contributed by atoms with E-state index in [4.69, 9.17) is 19.8 Å². The minimum Gasteiger partial charge on any atom is -0.446 e. The maximum atomic E-state index is 13.3. The van der Waals surface area contributed by atoms with Gasteiger partial charge >= 0.3 is 13.2 Å². The molecule has 1 saturated heterocycles. The molecule has 2 aliphatic rings. The Kier molecular flexibility index (Phi) is 7.61. The Morgan fingerprint density at radius 2 is 1.66 bits per heavy atom. The van der Waals surface area contributed by atoms with Crippen molar-refractivity contribution in [3.8, 4) is 0 Å². The Labute approximate surface area is 192 Å². The highest BCUT2D eigenvalue weighted by Crippen LogP contribution is 2.41. The highest BCUT2D eigenvalue weighted by Gasteiger charge is 2.52. The monoisotopic (exact) mass is 453 g/mol. The average molecular weight is 453 g/mol. The molecule has 1 aliphatic carbocycles. The first-order chi connectivity index (χ1) is 14.4. The van der Waals surface area contributed by atoms with Crippen LogP contribution in [0, 0.1) is 5.92 Å². The largest absolute Gasteiger partial charge is 0.457 e. The van der Waals surface area contributed by atoms with Crippen LogP contribution in [0.2, 0.25) is 6.32 Å². The van der Waals surface area contributed by atoms with Crippen molar-refractivity contribution in [2.24, 2.45) is 11.7 Å². The fourth-order valence-electron chi connectivity index (χ4n) is 4.57. The summed E-state index contributed by atoms with van der Waals surface area (Å²) in [5.74, 6) is -0.623. The van der Waals surface area contributed by atoms with Crippen molar-refractivity contribution in [1.82, 2.24) is 10.6 Å². The number of carbonyl (C=O) groups is 3. The highest BCUT2D eigenvalue weighted by molar-refractivity contribution is 6.45. The van der Waals surface area contributed by atoms with Gasteiger partial charge in [0.05, 0.1) is 11.2 Å². The predicted octanol–water partition coefficient (Wildman–Crippen LogP) is 2.52. The van der Waals surface area contributed by atoms with Gasteiger partial charge in [-0.05, 0) is 73.5 Å². The Hall–Kier alpha value is -1.81. The molecular formula is C22H40BN3O6. The predicted molar refractivity (Wildman–Crippen MR) is 122 cm³/mol. The lowest BCUT2D eigenvalue weighted by molar-refractivity contribution is -0.138. The first-order valence-electron chi connectivity index (χ1n) is 11.4. The minimum atomic E-state index is -1.20. The molecule has 2 fully saturated rings. The quantitative estimate of drug-likeness (QED) is 0.530. The third-order valence-corrected chi connectivity index (χ3v) is 6.54. The number of nitrogens with one attached hydrogen (secondary N) is 2. The van der Waals surface area contributed by atoms with Crippen molar-refractivity contribution in [3.63, 3.8) is 0 Å². The zero-order valence-electron chi connectivity index (χ0n) is 20.8. The SMILES string of the molecule is CC(=O)NC1(C(=O)NC(C)(C)C)CC(CCB2OC(C)(C)C(C)(C)O2)CC(OC(N)=O)C1. The van der Waals surface area contributed by atoms with E-state index >= 15 is 0 Å². The van der Waals surface area contributed by atoms with E-state index < -0.39 is 34.5 Å². The molecule has 0 spiro atoms. The number of rotatable bonds is 6. The van der Waals surface area contributed by atoms with Gasteiger partial charge in [-0.1, -0.05) is 6.42 Å². The normalized spacial score (nSPS) is 29.3. The van der Waals surface area contributed by atoms with Gasteiger partial charge in [-0.15, -0.1) is 0 Å². The molecule has 0 aromatic rings. The summed E-state index contributed by atoms with van der Waals surface area (Å²) >= 11 is 0. The van der Waals surface area contributed by atoms with Crippen molar-refractivity contribution in [3.05, 3.63) is 0 Å². The summed E-state index contributed by atoms with van der Waals surface area (Å²) in [4.78, 5) is 36.9. The van der Waals surface area contributed by atoms with Crippen molar-refractivity contribution in [2.45, 2.75) is 116 Å². The number of hydrogen-bond acceptors (Lipinski definition) is 6. The van der Waals surface area contributed by atoms with Crippen molar-refractivity contribution in [2.75, 3.05) is 0 Å². The van der Waals surface area contributed by atoms with Crippen LogP contribution in [0.3, 0.4) is 0 Å². The van der Waals surface area contributed by atoms with E-state index in [1.54, 1.807) is 0 Å². The van der Waals surface area contributed by atoms with Crippen molar-refractivity contribution >= 4 is 25.0 Å². The molecule has 1 heterocycles. The van der Waals surface area contributed by atoms with E-state index in [9.17, 15) is 14.4 Å². The first kappa shape index (κ1) is 26.4. The molecular weight excluding hydrogens is 413 g/mol. The molecule has 3 atom stereocenters. The van der Waals surface area contributed by atoms with Gasteiger partial charge in [0, 0.05) is 18.9 Å². The third kappa shape index (κ3) is 6.60. The summed E-state index contributed by atoms with van der Waals surface area (Å²) < 4.78 is 17.5. The van der Waals surface area contributed by atoms with Gasteiger partial charge in [0.25, 0.3) is 0 Å². The lowest BCUT2D eigenvalue weighted by Gasteiger charge is -2.44. The van der Waals surface area contributed by atoms with Crippen LogP contribution in [0.4, 0.5) is 4.79 Å². The molecule has 10 heteroatoms. The van der Waals surface area contributed by atoms with Crippen molar-refractivity contribution in [1.29, 1.82) is 0 Å². The van der Waals surface area contributed by atoms with Crippen LogP contribution in [0.1, 0.15) is 81.1 Å². The summed E-state index contributed by atoms with van der Waals surface area (Å²) in [6, 6.07) is 0. The standard InChI is InChI=1S/C22H40BN3O6/c1-14(27)25-22(17(28)26-19(2,3)4)12-15(11-16(13-22)30-18(24)29)9-10-23-31-20(5,6)21(7,8)32-23/h15-16H,9-13H2,1-8H3,(H2,24,29)(H,25,27)(H,26,28). The lowest BCUT2D eigenvalue weighted by Crippen LogP contribution is -2.65. The summed E-state index contributed by atoms with van der Waals surface area (Å²) in [5.41, 5.74) is 2.75. The molecule has 182 valence electrons. The van der Waals surface area contributed by atoms with Gasteiger partial charge < -0.3 is 30.4 Å². The van der Waals surface area contributed by atoms with Crippen LogP contribution in [-0.4, -0.2) is 53.4 Å². The number of carbonyl (C=O) groups excluding carboxylic acids is 3. The molecule has 1 saturated carbocycles. The number of hydrogen-bond donors (Lipinski definition) is 3. The first-order valence-corrected chi connectivity index (χ1v) is 11.4. The van der Waals surface area contributed by atoms with Gasteiger partial charge in [0.15, 0.2) is 0 Å². The second-order valence-corrected chi connectivity index (χ2v) is 11.3. The van der Waals surface area contributed by atoms with Crippen LogP contribution in [0.25, 0.3) is 0 Å². The second kappa shape index (κ2) is 9.21. The van der Waals surface area contributed by atoms with Gasteiger partial charge in [0.2, 0.25) is 11.8 Å². The lowest BCUT2D eigenvalue weighted by atomic mass is 9.69. The molecule has 0 bridgehead atoms. The fraction of sp³-hybridized carbons (Fsp3) is 0.864. The van der Waals surface area contributed by atoms with E-state index in [1.807, 2.05) is 48.5 Å². The average Bonchev–Trinajstić information content (AvgIpc) is 2.77. The molecule has 0 radical (unpaired) electrons. The molecule has 1 aliphatic heterocycles. The molecule has 9 nitrogen and oxygen atoms in total. The van der Waals surface area contributed by atoms with E-state index in [1.165, 1.54) is 6.92 Å². The van der Waals surface area contributed by atoms with Crippen molar-refractivity contribution < 1.29 is 28.4 Å². The number of nitrogens with two attached hydrogens (primary N) is 1. The maximum absolute atomic E-state index is 13.3. The molecule has 32 heavy (non-hydrogen) atoms. The van der Waals surface area contributed by atoms with Crippen LogP contribution in [-0.2, 0) is 23.6 Å². The smallest absolute Gasteiger partial charge is 0.446 e. The molecule has 0 aromatic heterocycles. The summed E-state index contributed by atoms with van der Waals surface area (Å²) in [5, 5.41) is 5.83. The van der Waals surface area contributed by atoms with Gasteiger partial charge in [0.1, 0.15) is 11.6 Å². The third-order valence-electron chi connectivity index (χ3n) is 6.54. The Balaban J connectivity index is 2.22. The molecule has 4 N–H and O–H groups in total. The van der Waals surface area contributed by atoms with E-state index in [0.717, 1.165) is 0 Å². The topological polar surface area (TPSA) is 129 Å². The summed E-state index contributed by atoms with van der Waals surface area (Å²) in [6.07, 6.45) is 0.970. The zero-order chi connectivity index (χ0) is 24.5.